The van der Waals surface area contributed by atoms with Crippen LogP contribution in [-0.2, 0) is 14.8 Å². The Bertz CT molecular complexity index is 1430. The highest BCUT2D eigenvalue weighted by molar-refractivity contribution is 7.89. The van der Waals surface area contributed by atoms with Crippen LogP contribution in [0.25, 0.3) is 16.3 Å². The van der Waals surface area contributed by atoms with Crippen LogP contribution in [0.15, 0.2) is 23.4 Å². The van der Waals surface area contributed by atoms with Crippen LogP contribution in [0.2, 0.25) is 0 Å². The summed E-state index contributed by atoms with van der Waals surface area (Å²) in [4.78, 5) is 8.96. The number of anilines is 1. The Morgan fingerprint density at radius 1 is 1.32 bits per heavy atom. The number of halogens is 2. The number of aliphatic hydroxyl groups excluding tert-OH is 1. The van der Waals surface area contributed by atoms with E-state index in [-0.39, 0.29) is 34.4 Å². The van der Waals surface area contributed by atoms with Crippen LogP contribution in [-0.4, -0.2) is 95.1 Å². The fraction of sp³-hybridized carbons (Fsp3) is 0.591. The minimum Gasteiger partial charge on any atom is -0.394 e. The first-order chi connectivity index (χ1) is 17.7. The van der Waals surface area contributed by atoms with Gasteiger partial charge in [-0.05, 0) is 25.8 Å². The van der Waals surface area contributed by atoms with Crippen molar-refractivity contribution in [3.63, 3.8) is 0 Å². The molecule has 11 nitrogen and oxygen atoms in total. The highest BCUT2D eigenvalue weighted by Gasteiger charge is 2.46. The summed E-state index contributed by atoms with van der Waals surface area (Å²) < 4.78 is 63.2. The second-order valence-electron chi connectivity index (χ2n) is 9.91. The lowest BCUT2D eigenvalue weighted by atomic mass is 10.1. The van der Waals surface area contributed by atoms with Gasteiger partial charge in [0.05, 0.1) is 48.8 Å². The Labute approximate surface area is 216 Å². The lowest BCUT2D eigenvalue weighted by Crippen LogP contribution is -2.62. The summed E-state index contributed by atoms with van der Waals surface area (Å²) in [6.07, 6.45) is 1.36. The Hall–Kier alpha value is -2.30. The number of fused-ring (bicyclic) bond motifs is 2. The topological polar surface area (TPSA) is 125 Å². The van der Waals surface area contributed by atoms with Crippen LogP contribution in [0.4, 0.5) is 14.5 Å². The van der Waals surface area contributed by atoms with Crippen molar-refractivity contribution in [2.24, 2.45) is 0 Å². The van der Waals surface area contributed by atoms with Gasteiger partial charge in [-0.2, -0.15) is 0 Å². The molecule has 3 aliphatic rings. The van der Waals surface area contributed by atoms with E-state index in [0.717, 1.165) is 6.54 Å². The number of aliphatic hydroxyl groups is 1. The second-order valence-corrected chi connectivity index (χ2v) is 12.6. The molecule has 0 aromatic carbocycles. The molecule has 15 heteroatoms. The van der Waals surface area contributed by atoms with Crippen LogP contribution in [0.5, 0.6) is 0 Å². The first-order valence-corrected chi connectivity index (χ1v) is 14.4. The molecule has 0 radical (unpaired) electrons. The van der Waals surface area contributed by atoms with Crippen molar-refractivity contribution in [3.8, 4) is 10.8 Å². The van der Waals surface area contributed by atoms with Gasteiger partial charge in [0.25, 0.3) is 6.43 Å². The SMILES string of the molecule is C[C@H]1CN(c2cc(S(=O)(=O)NC3(CO)CC3)cn3c(-c4nnc(C(F)F)s4)ncc23)C[C@@H]2COCCN21. The van der Waals surface area contributed by atoms with Gasteiger partial charge in [-0.15, -0.1) is 10.2 Å². The van der Waals surface area contributed by atoms with Crippen LogP contribution in [0.1, 0.15) is 31.2 Å². The number of piperazine rings is 1. The lowest BCUT2D eigenvalue weighted by molar-refractivity contribution is -0.0317. The number of imidazole rings is 1. The van der Waals surface area contributed by atoms with Gasteiger partial charge in [0.15, 0.2) is 15.8 Å². The van der Waals surface area contributed by atoms with E-state index in [1.807, 2.05) is 0 Å². The summed E-state index contributed by atoms with van der Waals surface area (Å²) in [6.45, 7) is 5.26. The number of nitrogens with one attached hydrogen (secondary N) is 1. The predicted octanol–water partition coefficient (Wildman–Crippen LogP) is 1.50. The van der Waals surface area contributed by atoms with Crippen molar-refractivity contribution in [2.45, 2.75) is 48.7 Å². The molecule has 6 rings (SSSR count). The zero-order valence-corrected chi connectivity index (χ0v) is 21.7. The van der Waals surface area contributed by atoms with E-state index in [1.165, 1.54) is 6.20 Å². The molecule has 2 N–H and O–H groups in total. The molecule has 3 fully saturated rings. The van der Waals surface area contributed by atoms with Gasteiger partial charge in [0.2, 0.25) is 10.0 Å². The van der Waals surface area contributed by atoms with Gasteiger partial charge in [0.1, 0.15) is 4.90 Å². The van der Waals surface area contributed by atoms with Crippen molar-refractivity contribution in [3.05, 3.63) is 23.5 Å². The zero-order chi connectivity index (χ0) is 25.9. The zero-order valence-electron chi connectivity index (χ0n) is 20.0. The smallest absolute Gasteiger partial charge is 0.291 e. The third-order valence-corrected chi connectivity index (χ3v) is 9.80. The lowest BCUT2D eigenvalue weighted by Gasteiger charge is -2.48. The van der Waals surface area contributed by atoms with E-state index in [0.29, 0.717) is 61.7 Å². The van der Waals surface area contributed by atoms with Crippen LogP contribution < -0.4 is 9.62 Å². The molecule has 3 aromatic rings. The molecule has 0 unspecified atom stereocenters. The summed E-state index contributed by atoms with van der Waals surface area (Å²) in [5.41, 5.74) is 0.436. The number of aromatic nitrogens is 4. The fourth-order valence-electron chi connectivity index (χ4n) is 5.17. The van der Waals surface area contributed by atoms with E-state index in [1.54, 1.807) is 16.7 Å². The molecule has 0 amide bonds. The fourth-order valence-corrected chi connectivity index (χ4v) is 7.33. The van der Waals surface area contributed by atoms with Gasteiger partial charge in [0, 0.05) is 31.9 Å². The number of pyridine rings is 1. The Balaban J connectivity index is 1.47. The van der Waals surface area contributed by atoms with Gasteiger partial charge < -0.3 is 14.7 Å². The van der Waals surface area contributed by atoms with E-state index >= 15 is 0 Å². The molecular formula is C22H27F2N7O4S2. The van der Waals surface area contributed by atoms with Crippen molar-refractivity contribution in [1.29, 1.82) is 0 Å². The number of rotatable bonds is 7. The standard InChI is InChI=1S/C22H27F2N7O4S2/c1-13-8-29(9-14-11-35-5-4-30(13)14)16-6-15(37(33,34)28-22(12-32)2-3-22)10-31-17(16)7-25-19(31)21-27-26-20(36-21)18(23)24/h6-7,10,13-14,18,28,32H,2-5,8-9,11-12H2,1H3/t13-,14+/m0/s1. The number of hydrogen-bond acceptors (Lipinski definition) is 10. The van der Waals surface area contributed by atoms with E-state index in [2.05, 4.69) is 36.6 Å². The predicted molar refractivity (Wildman–Crippen MR) is 131 cm³/mol. The molecular weight excluding hydrogens is 528 g/mol. The van der Waals surface area contributed by atoms with Crippen molar-refractivity contribution >= 4 is 32.6 Å². The summed E-state index contributed by atoms with van der Waals surface area (Å²) in [6, 6.07) is 1.98. The van der Waals surface area contributed by atoms with E-state index < -0.39 is 27.0 Å². The van der Waals surface area contributed by atoms with Gasteiger partial charge in [-0.25, -0.2) is 26.9 Å². The minimum absolute atomic E-state index is 0.0115. The average Bonchev–Trinajstić information content (AvgIpc) is 3.27. The summed E-state index contributed by atoms with van der Waals surface area (Å²) in [5, 5.41) is 16.9. The Morgan fingerprint density at radius 3 is 2.84 bits per heavy atom. The quantitative estimate of drug-likeness (QED) is 0.446. The molecule has 0 spiro atoms. The number of alkyl halides is 2. The highest BCUT2D eigenvalue weighted by Crippen LogP contribution is 2.38. The third-order valence-electron chi connectivity index (χ3n) is 7.33. The largest absolute Gasteiger partial charge is 0.394 e. The summed E-state index contributed by atoms with van der Waals surface area (Å²) in [7, 11) is -4.02. The van der Waals surface area contributed by atoms with E-state index in [9.17, 15) is 22.3 Å². The monoisotopic (exact) mass is 555 g/mol. The van der Waals surface area contributed by atoms with Crippen LogP contribution in [0.3, 0.4) is 0 Å². The minimum atomic E-state index is -4.02. The highest BCUT2D eigenvalue weighted by atomic mass is 32.2. The Kier molecular flexibility index (Phi) is 6.19. The molecule has 1 saturated carbocycles. The van der Waals surface area contributed by atoms with Gasteiger partial charge in [-0.3, -0.25) is 9.30 Å². The normalized spacial score (nSPS) is 24.1. The molecule has 1 aliphatic carbocycles. The molecule has 2 atom stereocenters. The molecule has 2 saturated heterocycles. The second kappa shape index (κ2) is 9.17. The van der Waals surface area contributed by atoms with Crippen molar-refractivity contribution < 1.29 is 27.0 Å². The summed E-state index contributed by atoms with van der Waals surface area (Å²) >= 11 is 0.717. The first kappa shape index (κ1) is 25.0. The summed E-state index contributed by atoms with van der Waals surface area (Å²) in [5.74, 6) is 0.230. The maximum atomic E-state index is 13.5. The Morgan fingerprint density at radius 2 is 2.14 bits per heavy atom. The number of morpholine rings is 1. The average molecular weight is 556 g/mol. The maximum Gasteiger partial charge on any atom is 0.291 e. The molecule has 37 heavy (non-hydrogen) atoms. The number of ether oxygens (including phenoxy) is 1. The molecule has 200 valence electrons. The molecule has 0 bridgehead atoms. The maximum absolute atomic E-state index is 13.5. The van der Waals surface area contributed by atoms with Crippen molar-refractivity contribution in [2.75, 3.05) is 44.4 Å². The molecule has 2 aliphatic heterocycles. The number of sulfonamides is 1. The van der Waals surface area contributed by atoms with Crippen molar-refractivity contribution in [1.82, 2.24) is 29.2 Å². The van der Waals surface area contributed by atoms with Gasteiger partial charge >= 0.3 is 0 Å². The number of nitrogens with zero attached hydrogens (tertiary/aromatic N) is 6. The van der Waals surface area contributed by atoms with Gasteiger partial charge in [-0.1, -0.05) is 11.3 Å². The first-order valence-electron chi connectivity index (χ1n) is 12.1. The van der Waals surface area contributed by atoms with E-state index in [4.69, 9.17) is 4.74 Å². The van der Waals surface area contributed by atoms with Crippen LogP contribution >= 0.6 is 11.3 Å². The van der Waals surface area contributed by atoms with Crippen LogP contribution in [0, 0.1) is 0 Å². The molecule has 5 heterocycles. The number of hydrogen-bond donors (Lipinski definition) is 2. The third kappa shape index (κ3) is 4.51. The molecule has 3 aromatic heterocycles.